The Labute approximate surface area is 85.0 Å². The molecule has 1 heterocycles. The first-order valence-corrected chi connectivity index (χ1v) is 4.32. The minimum Gasteiger partial charge on any atom is -0.478 e. The van der Waals surface area contributed by atoms with Crippen LogP contribution in [0.4, 0.5) is 0 Å². The molecule has 0 amide bonds. The number of aromatic carboxylic acids is 1. The molecule has 0 bridgehead atoms. The van der Waals surface area contributed by atoms with Crippen LogP contribution in [-0.4, -0.2) is 17.9 Å². The van der Waals surface area contributed by atoms with Crippen molar-refractivity contribution >= 4 is 17.6 Å². The summed E-state index contributed by atoms with van der Waals surface area (Å²) in [7, 11) is 0. The second-order valence-electron chi connectivity index (χ2n) is 2.86. The first kappa shape index (κ1) is 9.30. The van der Waals surface area contributed by atoms with Crippen LogP contribution in [0.3, 0.4) is 0 Å². The van der Waals surface area contributed by atoms with Gasteiger partial charge in [0.25, 0.3) is 0 Å². The molecule has 0 radical (unpaired) electrons. The van der Waals surface area contributed by atoms with Gasteiger partial charge in [-0.1, -0.05) is 11.6 Å². The second-order valence-corrected chi connectivity index (χ2v) is 3.27. The highest BCUT2D eigenvalue weighted by Crippen LogP contribution is 2.33. The Hall–Kier alpha value is -1.26. The summed E-state index contributed by atoms with van der Waals surface area (Å²) in [6.07, 6.45) is 0. The largest absolute Gasteiger partial charge is 0.478 e. The zero-order valence-electron chi connectivity index (χ0n) is 7.12. The number of carbonyl (C=O) groups is 1. The van der Waals surface area contributed by atoms with Crippen LogP contribution in [0.15, 0.2) is 12.1 Å². The van der Waals surface area contributed by atoms with Gasteiger partial charge in [0.1, 0.15) is 5.75 Å². The van der Waals surface area contributed by atoms with Gasteiger partial charge in [0.05, 0.1) is 17.2 Å². The number of fused-ring (bicyclic) bond motifs is 1. The molecule has 5 heteroatoms. The molecule has 4 nitrogen and oxygen atoms in total. The van der Waals surface area contributed by atoms with E-state index in [0.29, 0.717) is 22.9 Å². The zero-order chi connectivity index (χ0) is 10.1. The van der Waals surface area contributed by atoms with Crippen LogP contribution in [0.25, 0.3) is 0 Å². The number of carboxylic acid groups (broad SMARTS) is 1. The molecule has 0 atom stereocenters. The average molecular weight is 215 g/mol. The molecular formula is C9H7ClO4. The van der Waals surface area contributed by atoms with Crippen molar-refractivity contribution in [2.24, 2.45) is 0 Å². The first-order valence-electron chi connectivity index (χ1n) is 3.95. The van der Waals surface area contributed by atoms with Crippen molar-refractivity contribution in [3.63, 3.8) is 0 Å². The Kier molecular flexibility index (Phi) is 2.31. The predicted molar refractivity (Wildman–Crippen MR) is 48.7 cm³/mol. The summed E-state index contributed by atoms with van der Waals surface area (Å²) >= 11 is 5.85. The smallest absolute Gasteiger partial charge is 0.335 e. The summed E-state index contributed by atoms with van der Waals surface area (Å²) in [6, 6.07) is 2.87. The van der Waals surface area contributed by atoms with Crippen LogP contribution in [-0.2, 0) is 11.3 Å². The van der Waals surface area contributed by atoms with Crippen molar-refractivity contribution < 1.29 is 19.4 Å². The van der Waals surface area contributed by atoms with E-state index in [-0.39, 0.29) is 12.4 Å². The van der Waals surface area contributed by atoms with Crippen molar-refractivity contribution in [1.82, 2.24) is 0 Å². The molecule has 0 aromatic heterocycles. The SMILES string of the molecule is O=C(O)c1cc(Cl)c2c(c1)COCO2. The molecule has 1 aliphatic rings. The van der Waals surface area contributed by atoms with Gasteiger partial charge in [-0.15, -0.1) is 0 Å². The van der Waals surface area contributed by atoms with E-state index in [9.17, 15) is 4.79 Å². The molecule has 1 aliphatic heterocycles. The van der Waals surface area contributed by atoms with Gasteiger partial charge in [-0.25, -0.2) is 4.79 Å². The molecule has 0 aliphatic carbocycles. The topological polar surface area (TPSA) is 55.8 Å². The van der Waals surface area contributed by atoms with Crippen LogP contribution in [0.1, 0.15) is 15.9 Å². The lowest BCUT2D eigenvalue weighted by atomic mass is 10.1. The summed E-state index contributed by atoms with van der Waals surface area (Å²) in [5.74, 6) is -0.497. The highest BCUT2D eigenvalue weighted by atomic mass is 35.5. The zero-order valence-corrected chi connectivity index (χ0v) is 7.87. The average Bonchev–Trinajstić information content (AvgIpc) is 2.17. The normalized spacial score (nSPS) is 14.4. The quantitative estimate of drug-likeness (QED) is 0.776. The van der Waals surface area contributed by atoms with E-state index < -0.39 is 5.97 Å². The third-order valence-electron chi connectivity index (χ3n) is 1.91. The standard InChI is InChI=1S/C9H7ClO4/c10-7-2-5(9(11)12)1-6-3-13-4-14-8(6)7/h1-2H,3-4H2,(H,11,12). The summed E-state index contributed by atoms with van der Waals surface area (Å²) in [6.45, 7) is 0.481. The lowest BCUT2D eigenvalue weighted by Crippen LogP contribution is -2.12. The van der Waals surface area contributed by atoms with Gasteiger partial charge >= 0.3 is 5.97 Å². The molecule has 0 spiro atoms. The summed E-state index contributed by atoms with van der Waals surface area (Å²) in [5.41, 5.74) is 0.809. The van der Waals surface area contributed by atoms with Gasteiger partial charge in [-0.05, 0) is 12.1 Å². The number of hydrogen-bond acceptors (Lipinski definition) is 3. The third-order valence-corrected chi connectivity index (χ3v) is 2.19. The van der Waals surface area contributed by atoms with E-state index in [1.807, 2.05) is 0 Å². The molecule has 0 fully saturated rings. The number of carboxylic acids is 1. The fraction of sp³-hybridized carbons (Fsp3) is 0.222. The summed E-state index contributed by atoms with van der Waals surface area (Å²) in [4.78, 5) is 10.7. The highest BCUT2D eigenvalue weighted by Gasteiger charge is 2.17. The molecule has 1 aromatic rings. The molecule has 1 aromatic carbocycles. The minimum absolute atomic E-state index is 0.142. The molecular weight excluding hydrogens is 208 g/mol. The highest BCUT2D eigenvalue weighted by molar-refractivity contribution is 6.32. The fourth-order valence-corrected chi connectivity index (χ4v) is 1.59. The molecule has 0 unspecified atom stereocenters. The van der Waals surface area contributed by atoms with Gasteiger partial charge in [-0.3, -0.25) is 0 Å². The van der Waals surface area contributed by atoms with Crippen molar-refractivity contribution in [2.75, 3.05) is 6.79 Å². The van der Waals surface area contributed by atoms with Crippen molar-refractivity contribution in [1.29, 1.82) is 0 Å². The number of ether oxygens (including phenoxy) is 2. The lowest BCUT2D eigenvalue weighted by molar-refractivity contribution is -0.0163. The van der Waals surface area contributed by atoms with Gasteiger partial charge in [0.15, 0.2) is 6.79 Å². The van der Waals surface area contributed by atoms with Crippen molar-refractivity contribution in [2.45, 2.75) is 6.61 Å². The molecule has 2 rings (SSSR count). The molecule has 14 heavy (non-hydrogen) atoms. The first-order chi connectivity index (χ1) is 6.68. The Morgan fingerprint density at radius 3 is 3.00 bits per heavy atom. The Morgan fingerprint density at radius 2 is 2.29 bits per heavy atom. The molecule has 74 valence electrons. The molecule has 1 N–H and O–H groups in total. The fourth-order valence-electron chi connectivity index (χ4n) is 1.29. The van der Waals surface area contributed by atoms with E-state index in [1.54, 1.807) is 0 Å². The Bertz CT molecular complexity index is 389. The second kappa shape index (κ2) is 3.48. The van der Waals surface area contributed by atoms with E-state index in [2.05, 4.69) is 0 Å². The van der Waals surface area contributed by atoms with Crippen molar-refractivity contribution in [3.05, 3.63) is 28.3 Å². The number of rotatable bonds is 1. The van der Waals surface area contributed by atoms with Crippen molar-refractivity contribution in [3.8, 4) is 5.75 Å². The predicted octanol–water partition coefficient (Wildman–Crippen LogP) is 1.90. The van der Waals surface area contributed by atoms with E-state index in [4.69, 9.17) is 26.2 Å². The van der Waals surface area contributed by atoms with Crippen LogP contribution in [0, 0.1) is 0 Å². The van der Waals surface area contributed by atoms with Crippen LogP contribution in [0.2, 0.25) is 5.02 Å². The Morgan fingerprint density at radius 1 is 1.50 bits per heavy atom. The van der Waals surface area contributed by atoms with E-state index >= 15 is 0 Å². The van der Waals surface area contributed by atoms with Gasteiger partial charge in [0, 0.05) is 5.56 Å². The summed E-state index contributed by atoms with van der Waals surface area (Å²) in [5, 5.41) is 9.08. The van der Waals surface area contributed by atoms with Gasteiger partial charge in [0.2, 0.25) is 0 Å². The number of benzene rings is 1. The maximum absolute atomic E-state index is 10.7. The lowest BCUT2D eigenvalue weighted by Gasteiger charge is -2.18. The van der Waals surface area contributed by atoms with Crippen LogP contribution >= 0.6 is 11.6 Å². The molecule has 0 saturated heterocycles. The van der Waals surface area contributed by atoms with Gasteiger partial charge < -0.3 is 14.6 Å². The van der Waals surface area contributed by atoms with Crippen LogP contribution in [0.5, 0.6) is 5.75 Å². The Balaban J connectivity index is 2.51. The third kappa shape index (κ3) is 1.54. The summed E-state index contributed by atoms with van der Waals surface area (Å²) < 4.78 is 10.2. The molecule has 0 saturated carbocycles. The number of hydrogen-bond donors (Lipinski definition) is 1. The maximum Gasteiger partial charge on any atom is 0.335 e. The van der Waals surface area contributed by atoms with E-state index in [0.717, 1.165) is 0 Å². The maximum atomic E-state index is 10.7. The monoisotopic (exact) mass is 214 g/mol. The van der Waals surface area contributed by atoms with Gasteiger partial charge in [-0.2, -0.15) is 0 Å². The minimum atomic E-state index is -1.01. The number of halogens is 1. The van der Waals surface area contributed by atoms with E-state index in [1.165, 1.54) is 12.1 Å². The van der Waals surface area contributed by atoms with Crippen LogP contribution < -0.4 is 4.74 Å².